The molecule has 1 aromatic carbocycles. The van der Waals surface area contributed by atoms with E-state index in [2.05, 4.69) is 13.8 Å². The smallest absolute Gasteiger partial charge is 0.339 e. The van der Waals surface area contributed by atoms with Crippen molar-refractivity contribution in [3.05, 3.63) is 34.4 Å². The fraction of sp³-hybridized carbons (Fsp3) is 0.667. The van der Waals surface area contributed by atoms with Crippen LogP contribution >= 0.6 is 0 Å². The van der Waals surface area contributed by atoms with Crippen molar-refractivity contribution >= 4 is 23.9 Å². The minimum Gasteiger partial charge on any atom is -0.462 e. The van der Waals surface area contributed by atoms with Gasteiger partial charge in [-0.1, -0.05) is 66.2 Å². The fourth-order valence-corrected chi connectivity index (χ4v) is 4.03. The second-order valence-electron chi connectivity index (χ2n) is 9.41. The van der Waals surface area contributed by atoms with Gasteiger partial charge in [0.2, 0.25) is 0 Å². The summed E-state index contributed by atoms with van der Waals surface area (Å²) in [4.78, 5) is 51.9. The van der Waals surface area contributed by atoms with Crippen LogP contribution in [-0.4, -0.2) is 50.3 Å². The van der Waals surface area contributed by atoms with Crippen LogP contribution in [0.3, 0.4) is 0 Å². The van der Waals surface area contributed by atoms with Crippen molar-refractivity contribution in [2.45, 2.75) is 92.9 Å². The highest BCUT2D eigenvalue weighted by molar-refractivity contribution is 6.10. The van der Waals surface area contributed by atoms with Crippen LogP contribution in [0.25, 0.3) is 0 Å². The van der Waals surface area contributed by atoms with Crippen LogP contribution < -0.4 is 0 Å². The molecule has 1 rings (SSSR count). The van der Waals surface area contributed by atoms with Gasteiger partial charge in [0, 0.05) is 0 Å². The van der Waals surface area contributed by atoms with E-state index in [0.29, 0.717) is 0 Å². The van der Waals surface area contributed by atoms with Crippen molar-refractivity contribution in [1.82, 2.24) is 0 Å². The first-order chi connectivity index (χ1) is 18.3. The quantitative estimate of drug-likeness (QED) is 0.150. The molecule has 0 saturated carbocycles. The summed E-state index contributed by atoms with van der Waals surface area (Å²) in [5.41, 5.74) is -0.612. The lowest BCUT2D eigenvalue weighted by Crippen LogP contribution is -2.22. The molecule has 0 aliphatic heterocycles. The Kier molecular flexibility index (Phi) is 16.0. The average molecular weight is 535 g/mol. The van der Waals surface area contributed by atoms with Crippen molar-refractivity contribution in [1.29, 1.82) is 0 Å². The molecule has 0 saturated heterocycles. The minimum atomic E-state index is -0.801. The maximum Gasteiger partial charge on any atom is 0.339 e. The maximum atomic E-state index is 13.2. The van der Waals surface area contributed by atoms with Gasteiger partial charge in [-0.15, -0.1) is 0 Å². The second kappa shape index (κ2) is 18.4. The molecule has 2 unspecified atom stereocenters. The first kappa shape index (κ1) is 33.1. The summed E-state index contributed by atoms with van der Waals surface area (Å²) >= 11 is 0. The lowest BCUT2D eigenvalue weighted by molar-refractivity contribution is 0.0379. The van der Waals surface area contributed by atoms with Crippen molar-refractivity contribution in [3.63, 3.8) is 0 Å². The molecule has 0 aromatic heterocycles. The molecular formula is C30H46O8. The van der Waals surface area contributed by atoms with Crippen LogP contribution in [0.4, 0.5) is 0 Å². The Hall–Kier alpha value is -2.90. The van der Waals surface area contributed by atoms with E-state index in [4.69, 9.17) is 18.9 Å². The summed E-state index contributed by atoms with van der Waals surface area (Å²) in [5, 5.41) is 0. The molecule has 0 radical (unpaired) electrons. The average Bonchev–Trinajstić information content (AvgIpc) is 2.92. The standard InChI is InChI=1S/C30H46O8/c1-7-13-15-21(9-3)19-37-29(33)25-17-23(27(31)35-11-5)24(28(32)36-12-6)18-26(25)30(34)38-20-22(10-4)16-14-8-2/h17-18,21-22H,7-16,19-20H2,1-6H3. The van der Waals surface area contributed by atoms with Gasteiger partial charge in [0.15, 0.2) is 0 Å². The lowest BCUT2D eigenvalue weighted by atomic mass is 9.97. The van der Waals surface area contributed by atoms with Crippen LogP contribution in [0.2, 0.25) is 0 Å². The Morgan fingerprint density at radius 3 is 1.13 bits per heavy atom. The Morgan fingerprint density at radius 2 is 0.868 bits per heavy atom. The third kappa shape index (κ3) is 10.5. The van der Waals surface area contributed by atoms with Crippen molar-refractivity contribution < 1.29 is 38.1 Å². The first-order valence-electron chi connectivity index (χ1n) is 14.1. The van der Waals surface area contributed by atoms with Crippen molar-refractivity contribution in [3.8, 4) is 0 Å². The molecule has 0 aliphatic carbocycles. The van der Waals surface area contributed by atoms with Gasteiger partial charge in [0.05, 0.1) is 48.7 Å². The number of esters is 4. The summed E-state index contributed by atoms with van der Waals surface area (Å²) in [6.07, 6.45) is 7.63. The Morgan fingerprint density at radius 1 is 0.553 bits per heavy atom. The molecule has 0 heterocycles. The van der Waals surface area contributed by atoms with E-state index in [0.717, 1.165) is 51.4 Å². The number of ether oxygens (including phenoxy) is 4. The molecule has 214 valence electrons. The molecule has 38 heavy (non-hydrogen) atoms. The summed E-state index contributed by atoms with van der Waals surface area (Å²) in [5.74, 6) is -2.76. The first-order valence-corrected chi connectivity index (χ1v) is 14.1. The zero-order valence-electron chi connectivity index (χ0n) is 24.1. The maximum absolute atomic E-state index is 13.2. The van der Waals surface area contributed by atoms with Gasteiger partial charge < -0.3 is 18.9 Å². The summed E-state index contributed by atoms with van der Waals surface area (Å²) < 4.78 is 21.4. The third-order valence-electron chi connectivity index (χ3n) is 6.58. The van der Waals surface area contributed by atoms with E-state index < -0.39 is 23.9 Å². The molecular weight excluding hydrogens is 488 g/mol. The second-order valence-corrected chi connectivity index (χ2v) is 9.41. The highest BCUT2D eigenvalue weighted by Crippen LogP contribution is 2.24. The van der Waals surface area contributed by atoms with Gasteiger partial charge >= 0.3 is 23.9 Å². The van der Waals surface area contributed by atoms with Crippen LogP contribution in [0.15, 0.2) is 12.1 Å². The minimum absolute atomic E-state index is 0.0659. The predicted octanol–water partition coefficient (Wildman–Crippen LogP) is 6.79. The van der Waals surface area contributed by atoms with Crippen molar-refractivity contribution in [2.75, 3.05) is 26.4 Å². The van der Waals surface area contributed by atoms with Gasteiger partial charge in [-0.05, 0) is 50.7 Å². The Bertz CT molecular complexity index is 835. The largest absolute Gasteiger partial charge is 0.462 e. The van der Waals surface area contributed by atoms with Crippen LogP contribution in [0.5, 0.6) is 0 Å². The molecule has 0 bridgehead atoms. The molecule has 1 aromatic rings. The molecule has 2 atom stereocenters. The predicted molar refractivity (Wildman–Crippen MR) is 146 cm³/mol. The van der Waals surface area contributed by atoms with Gasteiger partial charge in [-0.3, -0.25) is 0 Å². The van der Waals surface area contributed by atoms with E-state index in [1.807, 2.05) is 13.8 Å². The molecule has 8 nitrogen and oxygen atoms in total. The van der Waals surface area contributed by atoms with Gasteiger partial charge in [0.1, 0.15) is 0 Å². The topological polar surface area (TPSA) is 105 Å². The number of unbranched alkanes of at least 4 members (excludes halogenated alkanes) is 2. The van der Waals surface area contributed by atoms with Crippen LogP contribution in [0, 0.1) is 11.8 Å². The summed E-state index contributed by atoms with van der Waals surface area (Å²) in [6.45, 7) is 12.0. The monoisotopic (exact) mass is 534 g/mol. The number of carbonyl (C=O) groups excluding carboxylic acids is 4. The zero-order chi connectivity index (χ0) is 28.5. The Balaban J connectivity index is 3.45. The third-order valence-corrected chi connectivity index (χ3v) is 6.58. The molecule has 0 aliphatic rings. The normalized spacial score (nSPS) is 12.4. The number of carbonyl (C=O) groups is 4. The summed E-state index contributed by atoms with van der Waals surface area (Å²) in [7, 11) is 0. The highest BCUT2D eigenvalue weighted by Gasteiger charge is 2.29. The molecule has 8 heteroatoms. The Labute approximate surface area is 227 Å². The van der Waals surface area contributed by atoms with E-state index in [1.165, 1.54) is 12.1 Å². The van der Waals surface area contributed by atoms with Gasteiger partial charge in [-0.2, -0.15) is 0 Å². The number of hydrogen-bond acceptors (Lipinski definition) is 8. The fourth-order valence-electron chi connectivity index (χ4n) is 4.03. The summed E-state index contributed by atoms with van der Waals surface area (Å²) in [6, 6.07) is 2.37. The van der Waals surface area contributed by atoms with E-state index in [-0.39, 0.29) is 60.5 Å². The van der Waals surface area contributed by atoms with Crippen LogP contribution in [0.1, 0.15) is 134 Å². The van der Waals surface area contributed by atoms with E-state index in [9.17, 15) is 19.2 Å². The van der Waals surface area contributed by atoms with Gasteiger partial charge in [-0.25, -0.2) is 19.2 Å². The zero-order valence-corrected chi connectivity index (χ0v) is 24.1. The number of hydrogen-bond donors (Lipinski definition) is 0. The van der Waals surface area contributed by atoms with E-state index >= 15 is 0 Å². The van der Waals surface area contributed by atoms with Crippen molar-refractivity contribution in [2.24, 2.45) is 11.8 Å². The molecule has 0 spiro atoms. The number of benzene rings is 1. The van der Waals surface area contributed by atoms with Crippen LogP contribution in [-0.2, 0) is 18.9 Å². The van der Waals surface area contributed by atoms with E-state index in [1.54, 1.807) is 13.8 Å². The number of rotatable bonds is 18. The SMILES string of the molecule is CCCCC(CC)COC(=O)c1cc(C(=O)OCC)c(C(=O)OCC)cc1C(=O)OCC(CC)CCCC. The van der Waals surface area contributed by atoms with Gasteiger partial charge in [0.25, 0.3) is 0 Å². The molecule has 0 fully saturated rings. The highest BCUT2D eigenvalue weighted by atomic mass is 16.5. The molecule has 0 amide bonds. The molecule has 0 N–H and O–H groups in total. The lowest BCUT2D eigenvalue weighted by Gasteiger charge is -2.18.